The van der Waals surface area contributed by atoms with Crippen molar-refractivity contribution >= 4 is 23.2 Å². The maximum absolute atomic E-state index is 6.01. The van der Waals surface area contributed by atoms with E-state index in [-0.39, 0.29) is 0 Å². The van der Waals surface area contributed by atoms with E-state index >= 15 is 0 Å². The van der Waals surface area contributed by atoms with Crippen molar-refractivity contribution in [2.24, 2.45) is 5.73 Å². The Kier molecular flexibility index (Phi) is 4.58. The smallest absolute Gasteiger partial charge is 0.0886 e. The number of benzene rings is 1. The summed E-state index contributed by atoms with van der Waals surface area (Å²) in [4.78, 5) is 0. The van der Waals surface area contributed by atoms with E-state index in [1.54, 1.807) is 12.3 Å². The lowest BCUT2D eigenvalue weighted by atomic mass is 10.1. The average molecular weight is 285 g/mol. The third kappa shape index (κ3) is 3.02. The molecule has 0 spiro atoms. The fourth-order valence-corrected chi connectivity index (χ4v) is 2.01. The highest BCUT2D eigenvalue weighted by molar-refractivity contribution is 6.42. The summed E-state index contributed by atoms with van der Waals surface area (Å²) in [6.07, 6.45) is 3.68. The van der Waals surface area contributed by atoms with E-state index in [9.17, 15) is 0 Å². The van der Waals surface area contributed by atoms with Gasteiger partial charge in [0.1, 0.15) is 0 Å². The Hall–Kier alpha value is -1.10. The Bertz CT molecular complexity index is 525. The Balaban J connectivity index is 2.22. The number of hydrogen-bond donors (Lipinski definition) is 1. The summed E-state index contributed by atoms with van der Waals surface area (Å²) in [5.74, 6) is 0. The first-order valence-corrected chi connectivity index (χ1v) is 6.52. The van der Waals surface area contributed by atoms with Crippen LogP contribution < -0.4 is 5.73 Å². The lowest BCUT2D eigenvalue weighted by molar-refractivity contribution is 0.549. The number of unbranched alkanes of at least 4 members (excludes halogenated alkanes) is 1. The molecule has 4 nitrogen and oxygen atoms in total. The van der Waals surface area contributed by atoms with E-state index in [4.69, 9.17) is 28.9 Å². The Labute approximate surface area is 116 Å². The normalized spacial score (nSPS) is 10.8. The molecule has 0 aliphatic rings. The van der Waals surface area contributed by atoms with Crippen LogP contribution in [0.1, 0.15) is 12.8 Å². The van der Waals surface area contributed by atoms with Crippen LogP contribution in [-0.4, -0.2) is 21.5 Å². The van der Waals surface area contributed by atoms with Crippen LogP contribution in [0.4, 0.5) is 0 Å². The maximum atomic E-state index is 6.01. The van der Waals surface area contributed by atoms with Crippen molar-refractivity contribution in [3.63, 3.8) is 0 Å². The second kappa shape index (κ2) is 6.18. The minimum Gasteiger partial charge on any atom is -0.330 e. The quantitative estimate of drug-likeness (QED) is 0.859. The zero-order valence-corrected chi connectivity index (χ0v) is 11.3. The first kappa shape index (κ1) is 13.3. The van der Waals surface area contributed by atoms with Gasteiger partial charge >= 0.3 is 0 Å². The van der Waals surface area contributed by atoms with Crippen molar-refractivity contribution in [3.05, 3.63) is 34.4 Å². The van der Waals surface area contributed by atoms with Gasteiger partial charge in [0.05, 0.1) is 21.9 Å². The molecule has 0 radical (unpaired) electrons. The Morgan fingerprint density at radius 1 is 1.17 bits per heavy atom. The van der Waals surface area contributed by atoms with Crippen LogP contribution in [-0.2, 0) is 6.54 Å². The zero-order valence-electron chi connectivity index (χ0n) is 9.81. The largest absolute Gasteiger partial charge is 0.330 e. The predicted molar refractivity (Wildman–Crippen MR) is 73.8 cm³/mol. The third-order valence-corrected chi connectivity index (χ3v) is 3.40. The molecule has 6 heteroatoms. The summed E-state index contributed by atoms with van der Waals surface area (Å²) >= 11 is 11.9. The van der Waals surface area contributed by atoms with E-state index in [1.165, 1.54) is 0 Å². The van der Waals surface area contributed by atoms with E-state index in [1.807, 2.05) is 16.8 Å². The number of aromatic nitrogens is 3. The van der Waals surface area contributed by atoms with Gasteiger partial charge in [0, 0.05) is 12.1 Å². The number of hydrogen-bond acceptors (Lipinski definition) is 3. The lowest BCUT2D eigenvalue weighted by Gasteiger charge is -2.06. The van der Waals surface area contributed by atoms with Crippen molar-refractivity contribution in [2.75, 3.05) is 6.54 Å². The number of rotatable bonds is 5. The van der Waals surface area contributed by atoms with E-state index in [0.29, 0.717) is 16.6 Å². The van der Waals surface area contributed by atoms with Crippen molar-refractivity contribution in [1.82, 2.24) is 15.0 Å². The Morgan fingerprint density at radius 2 is 2.00 bits per heavy atom. The summed E-state index contributed by atoms with van der Waals surface area (Å²) in [6.45, 7) is 1.49. The molecule has 0 saturated heterocycles. The molecule has 0 amide bonds. The summed E-state index contributed by atoms with van der Waals surface area (Å²) < 4.78 is 1.86. The van der Waals surface area contributed by atoms with Crippen molar-refractivity contribution < 1.29 is 0 Å². The van der Waals surface area contributed by atoms with E-state index in [2.05, 4.69) is 10.3 Å². The van der Waals surface area contributed by atoms with Gasteiger partial charge in [-0.1, -0.05) is 34.5 Å². The molecule has 2 aromatic rings. The van der Waals surface area contributed by atoms with Crippen LogP contribution in [0.5, 0.6) is 0 Å². The van der Waals surface area contributed by atoms with Gasteiger partial charge in [-0.05, 0) is 31.5 Å². The first-order valence-electron chi connectivity index (χ1n) is 5.76. The van der Waals surface area contributed by atoms with Crippen LogP contribution >= 0.6 is 23.2 Å². The zero-order chi connectivity index (χ0) is 13.0. The molecule has 0 saturated carbocycles. The molecule has 0 atom stereocenters. The van der Waals surface area contributed by atoms with Gasteiger partial charge in [-0.3, -0.25) is 0 Å². The van der Waals surface area contributed by atoms with E-state index in [0.717, 1.165) is 30.6 Å². The van der Waals surface area contributed by atoms with Crippen LogP contribution in [0.2, 0.25) is 10.0 Å². The van der Waals surface area contributed by atoms with Crippen molar-refractivity contribution in [1.29, 1.82) is 0 Å². The lowest BCUT2D eigenvalue weighted by Crippen LogP contribution is -2.06. The summed E-state index contributed by atoms with van der Waals surface area (Å²) in [5.41, 5.74) is 7.37. The van der Waals surface area contributed by atoms with Crippen LogP contribution in [0.15, 0.2) is 24.4 Å². The molecular formula is C12H14Cl2N4. The number of halogens is 2. The minimum absolute atomic E-state index is 0.531. The van der Waals surface area contributed by atoms with E-state index < -0.39 is 0 Å². The molecule has 1 aromatic carbocycles. The van der Waals surface area contributed by atoms with Gasteiger partial charge < -0.3 is 5.73 Å². The maximum Gasteiger partial charge on any atom is 0.0886 e. The summed E-state index contributed by atoms with van der Waals surface area (Å²) in [6, 6.07) is 5.50. The summed E-state index contributed by atoms with van der Waals surface area (Å²) in [7, 11) is 0. The molecule has 0 aliphatic heterocycles. The fourth-order valence-electron chi connectivity index (χ4n) is 1.71. The van der Waals surface area contributed by atoms with Gasteiger partial charge in [0.15, 0.2) is 0 Å². The highest BCUT2D eigenvalue weighted by Gasteiger charge is 2.08. The van der Waals surface area contributed by atoms with Gasteiger partial charge in [-0.25, -0.2) is 4.68 Å². The molecule has 2 N–H and O–H groups in total. The molecule has 1 heterocycles. The van der Waals surface area contributed by atoms with Gasteiger partial charge in [0.2, 0.25) is 0 Å². The highest BCUT2D eigenvalue weighted by Crippen LogP contribution is 2.28. The predicted octanol–water partition coefficient (Wildman–Crippen LogP) is 2.99. The van der Waals surface area contributed by atoms with Gasteiger partial charge in [0.25, 0.3) is 0 Å². The number of aryl methyl sites for hydroxylation is 1. The first-order chi connectivity index (χ1) is 8.72. The van der Waals surface area contributed by atoms with Crippen LogP contribution in [0, 0.1) is 0 Å². The summed E-state index contributed by atoms with van der Waals surface area (Å²) in [5, 5.41) is 9.08. The molecule has 0 fully saturated rings. The molecule has 96 valence electrons. The molecule has 1 aromatic heterocycles. The van der Waals surface area contributed by atoms with Gasteiger partial charge in [-0.15, -0.1) is 5.10 Å². The second-order valence-electron chi connectivity index (χ2n) is 3.97. The molecular weight excluding hydrogens is 271 g/mol. The monoisotopic (exact) mass is 284 g/mol. The van der Waals surface area contributed by atoms with Crippen molar-refractivity contribution in [2.45, 2.75) is 19.4 Å². The fraction of sp³-hybridized carbons (Fsp3) is 0.333. The van der Waals surface area contributed by atoms with Crippen molar-refractivity contribution in [3.8, 4) is 11.3 Å². The average Bonchev–Trinajstić information content (AvgIpc) is 2.81. The SMILES string of the molecule is NCCCCn1nncc1-c1ccc(Cl)c(Cl)c1. The molecule has 0 unspecified atom stereocenters. The standard InChI is InChI=1S/C12H14Cl2N4/c13-10-4-3-9(7-11(10)14)12-8-16-17-18(12)6-2-1-5-15/h3-4,7-8H,1-2,5-6,15H2. The third-order valence-electron chi connectivity index (χ3n) is 2.66. The minimum atomic E-state index is 0.531. The molecule has 18 heavy (non-hydrogen) atoms. The van der Waals surface area contributed by atoms with Crippen LogP contribution in [0.3, 0.4) is 0 Å². The highest BCUT2D eigenvalue weighted by atomic mass is 35.5. The number of nitrogens with zero attached hydrogens (tertiary/aromatic N) is 3. The molecule has 2 rings (SSSR count). The Morgan fingerprint density at radius 3 is 2.72 bits per heavy atom. The van der Waals surface area contributed by atoms with Gasteiger partial charge in [-0.2, -0.15) is 0 Å². The van der Waals surface area contributed by atoms with Crippen LogP contribution in [0.25, 0.3) is 11.3 Å². The number of nitrogens with two attached hydrogens (primary N) is 1. The second-order valence-corrected chi connectivity index (χ2v) is 4.78. The molecule has 0 aliphatic carbocycles. The molecule has 0 bridgehead atoms. The topological polar surface area (TPSA) is 56.7 Å².